The second kappa shape index (κ2) is 5.87. The molecule has 0 aromatic carbocycles. The molecule has 2 N–H and O–H groups in total. The molecule has 0 aromatic heterocycles. The number of dihydropyridines is 1. The number of ether oxygens (including phenoxy) is 1. The lowest BCUT2D eigenvalue weighted by atomic mass is 9.77. The van der Waals surface area contributed by atoms with Gasteiger partial charge in [-0.05, 0) is 60.0 Å². The Labute approximate surface area is 138 Å². The molecule has 1 amide bonds. The number of carbonyl (C=O) groups excluding carboxylic acids is 1. The lowest BCUT2D eigenvalue weighted by Gasteiger charge is -2.32. The van der Waals surface area contributed by atoms with Gasteiger partial charge in [0, 0.05) is 6.54 Å². The third kappa shape index (κ3) is 4.29. The van der Waals surface area contributed by atoms with Gasteiger partial charge in [-0.25, -0.2) is 4.79 Å². The van der Waals surface area contributed by atoms with Crippen molar-refractivity contribution < 1.29 is 18.8 Å². The number of carbonyl (C=O) groups is 1. The van der Waals surface area contributed by atoms with Crippen molar-refractivity contribution in [3.8, 4) is 0 Å². The Hall–Kier alpha value is -1.47. The van der Waals surface area contributed by atoms with Crippen LogP contribution in [0.25, 0.3) is 0 Å². The van der Waals surface area contributed by atoms with Gasteiger partial charge in [0.1, 0.15) is 11.4 Å². The molecule has 0 bridgehead atoms. The molecular weight excluding hydrogens is 295 g/mol. The first-order chi connectivity index (χ1) is 10.4. The summed E-state index contributed by atoms with van der Waals surface area (Å²) in [5.41, 5.74) is -0.441. The fourth-order valence-corrected chi connectivity index (χ4v) is 2.19. The van der Waals surface area contributed by atoms with Crippen molar-refractivity contribution in [1.29, 1.82) is 0 Å². The molecule has 0 unspecified atom stereocenters. The van der Waals surface area contributed by atoms with Gasteiger partial charge in [-0.2, -0.15) is 0 Å². The van der Waals surface area contributed by atoms with Gasteiger partial charge >= 0.3 is 13.2 Å². The normalized spacial score (nSPS) is 22.8. The van der Waals surface area contributed by atoms with Gasteiger partial charge in [-0.3, -0.25) is 5.32 Å². The number of amides is 1. The molecule has 23 heavy (non-hydrogen) atoms. The van der Waals surface area contributed by atoms with E-state index in [9.17, 15) is 4.79 Å². The molecule has 0 atom stereocenters. The molecule has 6 nitrogen and oxygen atoms in total. The van der Waals surface area contributed by atoms with E-state index in [0.29, 0.717) is 12.4 Å². The second-order valence-corrected chi connectivity index (χ2v) is 7.86. The third-order valence-electron chi connectivity index (χ3n) is 4.10. The van der Waals surface area contributed by atoms with E-state index in [1.54, 1.807) is 0 Å². The van der Waals surface area contributed by atoms with Crippen molar-refractivity contribution in [2.24, 2.45) is 0 Å². The van der Waals surface area contributed by atoms with Crippen LogP contribution in [0.15, 0.2) is 23.4 Å². The predicted molar refractivity (Wildman–Crippen MR) is 89.6 cm³/mol. The SMILES string of the molecule is CC(C)(C)OC(=O)NC1=CC(B2OC(C)(C)C(C)(C)O2)=CCN1. The summed E-state index contributed by atoms with van der Waals surface area (Å²) in [6, 6.07) is 0. The van der Waals surface area contributed by atoms with Crippen LogP contribution < -0.4 is 10.6 Å². The van der Waals surface area contributed by atoms with Crippen LogP contribution in [0.5, 0.6) is 0 Å². The van der Waals surface area contributed by atoms with Crippen molar-refractivity contribution in [3.63, 3.8) is 0 Å². The Balaban J connectivity index is 2.04. The first-order valence-corrected chi connectivity index (χ1v) is 7.91. The molecule has 0 radical (unpaired) electrons. The molecule has 0 aliphatic carbocycles. The van der Waals surface area contributed by atoms with Gasteiger partial charge in [-0.15, -0.1) is 0 Å². The number of hydrogen-bond acceptors (Lipinski definition) is 5. The molecule has 2 aliphatic rings. The van der Waals surface area contributed by atoms with Crippen LogP contribution in [0.3, 0.4) is 0 Å². The standard InChI is InChI=1S/C16H27BN2O4/c1-14(2,3)21-13(20)19-12-10-11(8-9-18-12)17-22-15(4,5)16(6,7)23-17/h8,10,18H,9H2,1-7H3,(H,19,20). The van der Waals surface area contributed by atoms with Crippen molar-refractivity contribution >= 4 is 13.2 Å². The Morgan fingerprint density at radius 3 is 2.35 bits per heavy atom. The minimum Gasteiger partial charge on any atom is -0.444 e. The fourth-order valence-electron chi connectivity index (χ4n) is 2.19. The van der Waals surface area contributed by atoms with Crippen LogP contribution >= 0.6 is 0 Å². The minimum absolute atomic E-state index is 0.393. The van der Waals surface area contributed by atoms with E-state index in [0.717, 1.165) is 5.47 Å². The zero-order valence-electron chi connectivity index (χ0n) is 15.1. The number of allylic oxidation sites excluding steroid dienone is 2. The lowest BCUT2D eigenvalue weighted by Crippen LogP contribution is -2.41. The number of nitrogens with one attached hydrogen (secondary N) is 2. The number of alkyl carbamates (subject to hydrolysis) is 1. The Bertz CT molecular complexity index is 531. The summed E-state index contributed by atoms with van der Waals surface area (Å²) in [5.74, 6) is 0.575. The third-order valence-corrected chi connectivity index (χ3v) is 4.10. The molecule has 2 heterocycles. The van der Waals surface area contributed by atoms with Crippen molar-refractivity contribution in [3.05, 3.63) is 23.4 Å². The van der Waals surface area contributed by atoms with Gasteiger partial charge in [0.25, 0.3) is 0 Å². The predicted octanol–water partition coefficient (Wildman–Crippen LogP) is 2.51. The monoisotopic (exact) mass is 322 g/mol. The van der Waals surface area contributed by atoms with E-state index in [1.807, 2.05) is 60.6 Å². The first-order valence-electron chi connectivity index (χ1n) is 7.91. The summed E-state index contributed by atoms with van der Waals surface area (Å²) < 4.78 is 17.3. The van der Waals surface area contributed by atoms with E-state index in [1.165, 1.54) is 0 Å². The van der Waals surface area contributed by atoms with Crippen LogP contribution in [0.2, 0.25) is 0 Å². The Morgan fingerprint density at radius 2 is 1.83 bits per heavy atom. The van der Waals surface area contributed by atoms with E-state index in [4.69, 9.17) is 14.0 Å². The maximum atomic E-state index is 11.9. The zero-order valence-corrected chi connectivity index (χ0v) is 15.1. The highest BCUT2D eigenvalue weighted by atomic mass is 16.7. The van der Waals surface area contributed by atoms with E-state index < -0.39 is 30.0 Å². The van der Waals surface area contributed by atoms with E-state index >= 15 is 0 Å². The summed E-state index contributed by atoms with van der Waals surface area (Å²) in [4.78, 5) is 11.9. The fraction of sp³-hybridized carbons (Fsp3) is 0.688. The molecule has 2 rings (SSSR count). The molecule has 1 fully saturated rings. The Morgan fingerprint density at radius 1 is 1.26 bits per heavy atom. The zero-order chi connectivity index (χ0) is 17.5. The number of hydrogen-bond donors (Lipinski definition) is 2. The average Bonchev–Trinajstić information content (AvgIpc) is 2.56. The van der Waals surface area contributed by atoms with E-state index in [-0.39, 0.29) is 0 Å². The van der Waals surface area contributed by atoms with Gasteiger partial charge < -0.3 is 19.4 Å². The van der Waals surface area contributed by atoms with Crippen molar-refractivity contribution in [2.45, 2.75) is 65.3 Å². The van der Waals surface area contributed by atoms with Crippen LogP contribution in [0, 0.1) is 0 Å². The molecular formula is C16H27BN2O4. The highest BCUT2D eigenvalue weighted by Crippen LogP contribution is 2.38. The van der Waals surface area contributed by atoms with Gasteiger partial charge in [0.15, 0.2) is 0 Å². The maximum Gasteiger partial charge on any atom is 0.494 e. The Kier molecular flexibility index (Phi) is 4.56. The highest BCUT2D eigenvalue weighted by molar-refractivity contribution is 6.55. The van der Waals surface area contributed by atoms with Crippen LogP contribution in [-0.4, -0.2) is 36.6 Å². The molecule has 7 heteroatoms. The summed E-state index contributed by atoms with van der Waals surface area (Å²) >= 11 is 0. The molecule has 128 valence electrons. The summed E-state index contributed by atoms with van der Waals surface area (Å²) in [6.07, 6.45) is 3.31. The van der Waals surface area contributed by atoms with Crippen LogP contribution in [0.4, 0.5) is 4.79 Å². The second-order valence-electron chi connectivity index (χ2n) is 7.86. The summed E-state index contributed by atoms with van der Waals surface area (Å²) in [6.45, 7) is 14.1. The minimum atomic E-state index is -0.538. The lowest BCUT2D eigenvalue weighted by molar-refractivity contribution is 0.00578. The number of rotatable bonds is 2. The van der Waals surface area contributed by atoms with Crippen molar-refractivity contribution in [1.82, 2.24) is 10.6 Å². The highest BCUT2D eigenvalue weighted by Gasteiger charge is 2.52. The van der Waals surface area contributed by atoms with Crippen LogP contribution in [0.1, 0.15) is 48.5 Å². The molecule has 2 aliphatic heterocycles. The van der Waals surface area contributed by atoms with Crippen LogP contribution in [-0.2, 0) is 14.0 Å². The quantitative estimate of drug-likeness (QED) is 0.765. The maximum absolute atomic E-state index is 11.9. The van der Waals surface area contributed by atoms with Gasteiger partial charge in [0.05, 0.1) is 11.2 Å². The molecule has 0 spiro atoms. The first kappa shape index (κ1) is 17.9. The summed E-state index contributed by atoms with van der Waals surface area (Å²) in [5, 5.41) is 5.80. The van der Waals surface area contributed by atoms with Crippen molar-refractivity contribution in [2.75, 3.05) is 6.54 Å². The molecule has 1 saturated heterocycles. The summed E-state index contributed by atoms with van der Waals surface area (Å²) in [7, 11) is -0.447. The van der Waals surface area contributed by atoms with Gasteiger partial charge in [-0.1, -0.05) is 6.08 Å². The molecule has 0 aromatic rings. The van der Waals surface area contributed by atoms with E-state index in [2.05, 4.69) is 10.6 Å². The average molecular weight is 322 g/mol. The van der Waals surface area contributed by atoms with Gasteiger partial charge in [0.2, 0.25) is 0 Å². The molecule has 0 saturated carbocycles. The smallest absolute Gasteiger partial charge is 0.444 e. The topological polar surface area (TPSA) is 68.8 Å². The largest absolute Gasteiger partial charge is 0.494 e.